The number of phenols is 2. The fraction of sp³-hybridized carbons (Fsp3) is 0.533. The molecule has 0 bridgehead atoms. The van der Waals surface area contributed by atoms with Crippen molar-refractivity contribution in [2.75, 3.05) is 20.7 Å². The number of carbonyl (C=O) groups excluding carboxylic acids is 1. The summed E-state index contributed by atoms with van der Waals surface area (Å²) < 4.78 is 4.76. The molecule has 0 fully saturated rings. The van der Waals surface area contributed by atoms with Crippen LogP contribution in [0.4, 0.5) is 0 Å². The number of unbranched alkanes of at least 4 members (excludes halogenated alkanes) is 1. The van der Waals surface area contributed by atoms with Crippen molar-refractivity contribution in [3.63, 3.8) is 0 Å². The number of hydrogen-bond acceptors (Lipinski definition) is 6. The van der Waals surface area contributed by atoms with Crippen molar-refractivity contribution >= 4 is 5.97 Å². The summed E-state index contributed by atoms with van der Waals surface area (Å²) in [5.74, 6) is -1.17. The van der Waals surface area contributed by atoms with E-state index in [0.29, 0.717) is 12.1 Å². The van der Waals surface area contributed by atoms with Gasteiger partial charge in [0, 0.05) is 0 Å². The second-order valence-corrected chi connectivity index (χ2v) is 5.00. The monoisotopic (exact) mass is 297 g/mol. The Kier molecular flexibility index (Phi) is 6.45. The third-order valence-corrected chi connectivity index (χ3v) is 3.42. The first-order valence-corrected chi connectivity index (χ1v) is 6.90. The number of likely N-dealkylation sites (N-methyl/N-ethyl adjacent to an activating group) is 1. The minimum Gasteiger partial charge on any atom is -0.504 e. The van der Waals surface area contributed by atoms with Crippen LogP contribution in [0.5, 0.6) is 11.5 Å². The summed E-state index contributed by atoms with van der Waals surface area (Å²) in [5.41, 5.74) is 0.337. The van der Waals surface area contributed by atoms with Crippen molar-refractivity contribution in [1.29, 1.82) is 0 Å². The molecule has 0 amide bonds. The fourth-order valence-corrected chi connectivity index (χ4v) is 2.12. The topological polar surface area (TPSA) is 90.2 Å². The summed E-state index contributed by atoms with van der Waals surface area (Å²) in [5, 5.41) is 29.3. The van der Waals surface area contributed by atoms with Crippen molar-refractivity contribution in [3.05, 3.63) is 23.8 Å². The highest BCUT2D eigenvalue weighted by atomic mass is 16.5. The number of esters is 1. The molecule has 21 heavy (non-hydrogen) atoms. The fourth-order valence-electron chi connectivity index (χ4n) is 2.12. The molecule has 0 spiro atoms. The zero-order chi connectivity index (χ0) is 16.0. The van der Waals surface area contributed by atoms with Crippen molar-refractivity contribution in [2.45, 2.75) is 31.9 Å². The number of methoxy groups -OCH3 is 1. The molecule has 1 unspecified atom stereocenters. The number of nitrogens with zero attached hydrogens (tertiary/aromatic N) is 1. The van der Waals surface area contributed by atoms with E-state index in [1.54, 1.807) is 11.9 Å². The summed E-state index contributed by atoms with van der Waals surface area (Å²) in [6.45, 7) is 2.67. The zero-order valence-corrected chi connectivity index (χ0v) is 12.6. The average Bonchev–Trinajstić information content (AvgIpc) is 2.47. The van der Waals surface area contributed by atoms with Crippen LogP contribution in [0, 0.1) is 0 Å². The molecule has 2 atom stereocenters. The maximum Gasteiger partial charge on any atom is 0.326 e. The van der Waals surface area contributed by atoms with E-state index in [1.165, 1.54) is 25.3 Å². The first-order chi connectivity index (χ1) is 9.92. The lowest BCUT2D eigenvalue weighted by Gasteiger charge is -2.29. The summed E-state index contributed by atoms with van der Waals surface area (Å²) >= 11 is 0. The molecule has 1 aromatic rings. The summed E-state index contributed by atoms with van der Waals surface area (Å²) in [4.78, 5) is 13.7. The number of aliphatic hydroxyl groups is 1. The number of aliphatic hydroxyl groups excluding tert-OH is 1. The molecule has 6 heteroatoms. The van der Waals surface area contributed by atoms with Gasteiger partial charge < -0.3 is 20.1 Å². The molecule has 118 valence electrons. The highest BCUT2D eigenvalue weighted by Gasteiger charge is 2.32. The molecule has 0 aromatic heterocycles. The van der Waals surface area contributed by atoms with Gasteiger partial charge in [-0.2, -0.15) is 0 Å². The van der Waals surface area contributed by atoms with E-state index < -0.39 is 18.1 Å². The second-order valence-electron chi connectivity index (χ2n) is 5.00. The molecule has 0 aliphatic heterocycles. The van der Waals surface area contributed by atoms with E-state index in [-0.39, 0.29) is 11.5 Å². The van der Waals surface area contributed by atoms with E-state index >= 15 is 0 Å². The number of aromatic hydroxyl groups is 2. The number of carbonyl (C=O) groups is 1. The Bertz CT molecular complexity index is 477. The minimum absolute atomic E-state index is 0.278. The van der Waals surface area contributed by atoms with Gasteiger partial charge in [-0.1, -0.05) is 19.4 Å². The second kappa shape index (κ2) is 7.85. The van der Waals surface area contributed by atoms with E-state index in [1.807, 2.05) is 6.92 Å². The minimum atomic E-state index is -1.16. The van der Waals surface area contributed by atoms with E-state index in [0.717, 1.165) is 12.8 Å². The predicted molar refractivity (Wildman–Crippen MR) is 78.1 cm³/mol. The Morgan fingerprint density at radius 2 is 2.00 bits per heavy atom. The summed E-state index contributed by atoms with van der Waals surface area (Å²) in [6, 6.07) is 3.10. The van der Waals surface area contributed by atoms with Gasteiger partial charge in [-0.3, -0.25) is 9.69 Å². The van der Waals surface area contributed by atoms with Crippen LogP contribution in [0.15, 0.2) is 18.2 Å². The normalized spacial score (nSPS) is 14.0. The van der Waals surface area contributed by atoms with Crippen LogP contribution in [0.3, 0.4) is 0 Å². The molecule has 0 aliphatic carbocycles. The predicted octanol–water partition coefficient (Wildman–Crippen LogP) is 1.40. The third-order valence-electron chi connectivity index (χ3n) is 3.42. The van der Waals surface area contributed by atoms with Gasteiger partial charge in [0.05, 0.1) is 7.11 Å². The Morgan fingerprint density at radius 1 is 1.33 bits per heavy atom. The average molecular weight is 297 g/mol. The van der Waals surface area contributed by atoms with Crippen LogP contribution < -0.4 is 0 Å². The van der Waals surface area contributed by atoms with Crippen molar-refractivity contribution in [1.82, 2.24) is 4.90 Å². The lowest BCUT2D eigenvalue weighted by molar-refractivity contribution is -0.151. The van der Waals surface area contributed by atoms with Crippen molar-refractivity contribution in [2.24, 2.45) is 0 Å². The highest BCUT2D eigenvalue weighted by Crippen LogP contribution is 2.30. The molecule has 3 N–H and O–H groups in total. The number of rotatable bonds is 7. The maximum atomic E-state index is 11.9. The summed E-state index contributed by atoms with van der Waals surface area (Å²) in [7, 11) is 3.00. The first-order valence-electron chi connectivity index (χ1n) is 6.90. The van der Waals surface area contributed by atoms with Gasteiger partial charge in [-0.15, -0.1) is 0 Å². The maximum absolute atomic E-state index is 11.9. The first kappa shape index (κ1) is 17.3. The standard InChI is InChI=1S/C15H23NO5/c1-4-5-8-16(2)13(15(20)21-3)14(19)10-6-7-11(17)12(18)9-10/h6-7,9,13-14,17-19H,4-5,8H2,1-3H3/t13-,14?/m0/s1. The number of ether oxygens (including phenoxy) is 1. The molecule has 0 aliphatic rings. The van der Waals surface area contributed by atoms with Crippen LogP contribution in [0.2, 0.25) is 0 Å². The van der Waals surface area contributed by atoms with E-state index in [2.05, 4.69) is 0 Å². The molecule has 0 saturated carbocycles. The molecular formula is C15H23NO5. The SMILES string of the molecule is CCCCN(C)[C@H](C(=O)OC)C(O)c1ccc(O)c(O)c1. The number of benzene rings is 1. The molecule has 6 nitrogen and oxygen atoms in total. The Morgan fingerprint density at radius 3 is 2.52 bits per heavy atom. The van der Waals surface area contributed by atoms with Crippen LogP contribution in [-0.2, 0) is 9.53 Å². The van der Waals surface area contributed by atoms with Gasteiger partial charge in [0.15, 0.2) is 11.5 Å². The van der Waals surface area contributed by atoms with Gasteiger partial charge in [0.1, 0.15) is 12.1 Å². The van der Waals surface area contributed by atoms with Crippen LogP contribution >= 0.6 is 0 Å². The van der Waals surface area contributed by atoms with Crippen molar-refractivity contribution < 1.29 is 24.9 Å². The van der Waals surface area contributed by atoms with Crippen LogP contribution in [0.25, 0.3) is 0 Å². The smallest absolute Gasteiger partial charge is 0.326 e. The van der Waals surface area contributed by atoms with Gasteiger partial charge >= 0.3 is 5.97 Å². The van der Waals surface area contributed by atoms with Gasteiger partial charge in [-0.25, -0.2) is 0 Å². The number of phenolic OH excluding ortho intramolecular Hbond substituents is 2. The third kappa shape index (κ3) is 4.34. The Labute approximate surface area is 124 Å². The van der Waals surface area contributed by atoms with Crippen molar-refractivity contribution in [3.8, 4) is 11.5 Å². The Balaban J connectivity index is 3.00. The Hall–Kier alpha value is -1.79. The zero-order valence-electron chi connectivity index (χ0n) is 12.6. The summed E-state index contributed by atoms with van der Waals surface area (Å²) in [6.07, 6.45) is 0.692. The van der Waals surface area contributed by atoms with E-state index in [9.17, 15) is 20.1 Å². The largest absolute Gasteiger partial charge is 0.504 e. The molecule has 0 heterocycles. The van der Waals surface area contributed by atoms with Gasteiger partial charge in [0.25, 0.3) is 0 Å². The van der Waals surface area contributed by atoms with Crippen LogP contribution in [-0.4, -0.2) is 52.9 Å². The molecule has 1 rings (SSSR count). The quantitative estimate of drug-likeness (QED) is 0.521. The molecular weight excluding hydrogens is 274 g/mol. The molecule has 0 saturated heterocycles. The van der Waals surface area contributed by atoms with E-state index in [4.69, 9.17) is 4.74 Å². The molecule has 1 aromatic carbocycles. The van der Waals surface area contributed by atoms with Crippen LogP contribution in [0.1, 0.15) is 31.4 Å². The highest BCUT2D eigenvalue weighted by molar-refractivity contribution is 5.76. The van der Waals surface area contributed by atoms with Gasteiger partial charge in [0.2, 0.25) is 0 Å². The van der Waals surface area contributed by atoms with Gasteiger partial charge in [-0.05, 0) is 37.7 Å². The lowest BCUT2D eigenvalue weighted by Crippen LogP contribution is -2.44. The molecule has 0 radical (unpaired) electrons. The number of hydrogen-bond donors (Lipinski definition) is 3. The lowest BCUT2D eigenvalue weighted by atomic mass is 10.0.